The molecule has 2 amide bonds. The molecule has 2 aromatic rings. The van der Waals surface area contributed by atoms with Crippen LogP contribution in [0.1, 0.15) is 52.6 Å². The maximum Gasteiger partial charge on any atom is 0.278 e. The van der Waals surface area contributed by atoms with E-state index in [0.29, 0.717) is 18.8 Å². The molecular formula is C22H26N4O5. The molecule has 0 saturated carbocycles. The second kappa shape index (κ2) is 8.33. The number of fused-ring (bicyclic) bond motifs is 3. The zero-order valence-electron chi connectivity index (χ0n) is 17.6. The number of benzene rings is 1. The molecule has 4 rings (SSSR count). The lowest BCUT2D eigenvalue weighted by Gasteiger charge is -2.48. The molecule has 31 heavy (non-hydrogen) atoms. The smallest absolute Gasteiger partial charge is 0.278 e. The molecule has 0 spiro atoms. The molecular weight excluding hydrogens is 400 g/mol. The van der Waals surface area contributed by atoms with Crippen LogP contribution in [0.15, 0.2) is 35.3 Å². The first-order chi connectivity index (χ1) is 15.0. The number of para-hydroxylation sites is 1. The van der Waals surface area contributed by atoms with E-state index in [1.165, 1.54) is 10.9 Å². The van der Waals surface area contributed by atoms with Gasteiger partial charge in [-0.05, 0) is 32.3 Å². The maximum absolute atomic E-state index is 13.0. The van der Waals surface area contributed by atoms with Crippen LogP contribution in [0.3, 0.4) is 0 Å². The molecule has 2 aliphatic heterocycles. The number of ether oxygens (including phenoxy) is 1. The number of carbonyl (C=O) groups excluding carboxylic acids is 2. The number of methoxy groups -OCH3 is 1. The summed E-state index contributed by atoms with van der Waals surface area (Å²) in [5.74, 6) is -1.10. The van der Waals surface area contributed by atoms with E-state index < -0.39 is 23.0 Å². The molecule has 1 atom stereocenters. The SMILES string of the molecule is CCN1C(=O)c2c(O)c(=O)c(C(=O)NCc3ccccc3OC)cn2N2CCCC[C@@H]12. The molecule has 0 unspecified atom stereocenters. The van der Waals surface area contributed by atoms with E-state index in [0.717, 1.165) is 24.8 Å². The number of rotatable bonds is 5. The van der Waals surface area contributed by atoms with Gasteiger partial charge in [-0.1, -0.05) is 18.2 Å². The summed E-state index contributed by atoms with van der Waals surface area (Å²) < 4.78 is 6.78. The Morgan fingerprint density at radius 3 is 2.77 bits per heavy atom. The Balaban J connectivity index is 1.69. The van der Waals surface area contributed by atoms with Crippen molar-refractivity contribution in [2.45, 2.75) is 38.9 Å². The molecule has 9 nitrogen and oxygen atoms in total. The molecule has 1 saturated heterocycles. The number of pyridine rings is 1. The molecule has 164 valence electrons. The quantitative estimate of drug-likeness (QED) is 0.749. The van der Waals surface area contributed by atoms with Crippen LogP contribution in [0.2, 0.25) is 0 Å². The maximum atomic E-state index is 13.0. The molecule has 1 aromatic carbocycles. The highest BCUT2D eigenvalue weighted by Gasteiger charge is 2.40. The fourth-order valence-corrected chi connectivity index (χ4v) is 4.36. The predicted octanol–water partition coefficient (Wildman–Crippen LogP) is 1.42. The summed E-state index contributed by atoms with van der Waals surface area (Å²) in [6.07, 6.45) is 3.91. The lowest BCUT2D eigenvalue weighted by Crippen LogP contribution is -2.63. The first kappa shape index (κ1) is 20.8. The number of nitrogens with one attached hydrogen (secondary N) is 1. The van der Waals surface area contributed by atoms with Gasteiger partial charge >= 0.3 is 0 Å². The van der Waals surface area contributed by atoms with Crippen LogP contribution in [-0.2, 0) is 6.54 Å². The zero-order chi connectivity index (χ0) is 22.1. The van der Waals surface area contributed by atoms with Gasteiger partial charge < -0.3 is 20.1 Å². The third-order valence-electron chi connectivity index (χ3n) is 5.93. The number of aromatic nitrogens is 1. The molecule has 3 heterocycles. The van der Waals surface area contributed by atoms with Crippen molar-refractivity contribution < 1.29 is 19.4 Å². The Morgan fingerprint density at radius 2 is 2.03 bits per heavy atom. The third kappa shape index (κ3) is 3.49. The Bertz CT molecular complexity index is 1080. The number of hydrogen-bond donors (Lipinski definition) is 2. The second-order valence-electron chi connectivity index (χ2n) is 7.64. The van der Waals surface area contributed by atoms with E-state index in [1.807, 2.05) is 30.1 Å². The fraction of sp³-hybridized carbons (Fsp3) is 0.409. The lowest BCUT2D eigenvalue weighted by molar-refractivity contribution is 0.0534. The summed E-state index contributed by atoms with van der Waals surface area (Å²) in [5, 5.41) is 15.3. The molecule has 1 fully saturated rings. The molecule has 0 aliphatic carbocycles. The van der Waals surface area contributed by atoms with Gasteiger partial charge in [0.25, 0.3) is 11.8 Å². The van der Waals surface area contributed by atoms with Gasteiger partial charge in [0.2, 0.25) is 5.43 Å². The van der Waals surface area contributed by atoms with Gasteiger partial charge in [0.1, 0.15) is 17.5 Å². The number of hydrogen-bond acceptors (Lipinski definition) is 6. The standard InChI is InChI=1S/C22H26N4O5/c1-3-24-17-10-6-7-11-25(17)26-13-15(19(27)20(28)18(26)22(24)30)21(29)23-12-14-8-4-5-9-16(14)31-2/h4-5,8-9,13,17,28H,3,6-7,10-12H2,1-2H3,(H,23,29)/t17-/m0/s1. The van der Waals surface area contributed by atoms with Crippen LogP contribution in [0.25, 0.3) is 0 Å². The van der Waals surface area contributed by atoms with Gasteiger partial charge in [-0.25, -0.2) is 0 Å². The molecule has 0 radical (unpaired) electrons. The van der Waals surface area contributed by atoms with Gasteiger partial charge in [-0.3, -0.25) is 24.1 Å². The van der Waals surface area contributed by atoms with Crippen LogP contribution < -0.4 is 20.5 Å². The minimum Gasteiger partial charge on any atom is -0.502 e. The Kier molecular flexibility index (Phi) is 5.58. The topological polar surface area (TPSA) is 104 Å². The van der Waals surface area contributed by atoms with E-state index >= 15 is 0 Å². The van der Waals surface area contributed by atoms with Gasteiger partial charge in [-0.2, -0.15) is 0 Å². The van der Waals surface area contributed by atoms with E-state index in [9.17, 15) is 19.5 Å². The van der Waals surface area contributed by atoms with Crippen molar-refractivity contribution in [3.63, 3.8) is 0 Å². The lowest BCUT2D eigenvalue weighted by atomic mass is 10.1. The van der Waals surface area contributed by atoms with Crippen LogP contribution in [0, 0.1) is 0 Å². The van der Waals surface area contributed by atoms with Crippen LogP contribution in [0.5, 0.6) is 11.5 Å². The average molecular weight is 426 g/mol. The fourth-order valence-electron chi connectivity index (χ4n) is 4.36. The van der Waals surface area contributed by atoms with Crippen molar-refractivity contribution >= 4 is 11.8 Å². The van der Waals surface area contributed by atoms with E-state index in [4.69, 9.17) is 4.74 Å². The van der Waals surface area contributed by atoms with Gasteiger partial charge in [0.05, 0.1) is 7.11 Å². The third-order valence-corrected chi connectivity index (χ3v) is 5.93. The highest BCUT2D eigenvalue weighted by atomic mass is 16.5. The van der Waals surface area contributed by atoms with Crippen molar-refractivity contribution in [1.29, 1.82) is 0 Å². The average Bonchev–Trinajstić information content (AvgIpc) is 2.79. The zero-order valence-corrected chi connectivity index (χ0v) is 17.6. The van der Waals surface area contributed by atoms with Crippen molar-refractivity contribution in [3.05, 3.63) is 57.5 Å². The molecule has 0 bridgehead atoms. The van der Waals surface area contributed by atoms with Gasteiger partial charge in [0, 0.05) is 31.4 Å². The Morgan fingerprint density at radius 1 is 1.26 bits per heavy atom. The first-order valence-corrected chi connectivity index (χ1v) is 10.4. The predicted molar refractivity (Wildman–Crippen MR) is 114 cm³/mol. The number of carbonyl (C=O) groups is 2. The molecule has 9 heteroatoms. The molecule has 2 N–H and O–H groups in total. The number of aromatic hydroxyl groups is 1. The summed E-state index contributed by atoms with van der Waals surface area (Å²) in [6.45, 7) is 3.15. The summed E-state index contributed by atoms with van der Waals surface area (Å²) in [6, 6.07) is 7.24. The Hall–Kier alpha value is -3.49. The molecule has 1 aromatic heterocycles. The van der Waals surface area contributed by atoms with Gasteiger partial charge in [-0.15, -0.1) is 0 Å². The Labute approximate surface area is 179 Å². The van der Waals surface area contributed by atoms with Crippen molar-refractivity contribution in [2.24, 2.45) is 0 Å². The molecule has 2 aliphatic rings. The highest BCUT2D eigenvalue weighted by Crippen LogP contribution is 2.29. The number of nitrogens with zero attached hydrogens (tertiary/aromatic N) is 3. The van der Waals surface area contributed by atoms with Crippen molar-refractivity contribution in [1.82, 2.24) is 14.9 Å². The van der Waals surface area contributed by atoms with Crippen molar-refractivity contribution in [2.75, 3.05) is 25.2 Å². The van der Waals surface area contributed by atoms with Gasteiger partial charge in [0.15, 0.2) is 11.4 Å². The van der Waals surface area contributed by atoms with E-state index in [-0.39, 0.29) is 24.0 Å². The minimum absolute atomic E-state index is 0.0914. The summed E-state index contributed by atoms with van der Waals surface area (Å²) in [4.78, 5) is 40.3. The minimum atomic E-state index is -0.858. The monoisotopic (exact) mass is 426 g/mol. The first-order valence-electron chi connectivity index (χ1n) is 10.4. The van der Waals surface area contributed by atoms with Crippen molar-refractivity contribution in [3.8, 4) is 11.5 Å². The normalized spacial score (nSPS) is 17.7. The van der Waals surface area contributed by atoms with Crippen LogP contribution in [0.4, 0.5) is 0 Å². The van der Waals surface area contributed by atoms with Crippen LogP contribution >= 0.6 is 0 Å². The summed E-state index contributed by atoms with van der Waals surface area (Å²) in [5.41, 5.74) is -0.404. The summed E-state index contributed by atoms with van der Waals surface area (Å²) >= 11 is 0. The van der Waals surface area contributed by atoms with Crippen LogP contribution in [-0.4, -0.2) is 52.9 Å². The van der Waals surface area contributed by atoms with E-state index in [2.05, 4.69) is 5.32 Å². The number of amides is 2. The van der Waals surface area contributed by atoms with E-state index in [1.54, 1.807) is 18.1 Å². The second-order valence-corrected chi connectivity index (χ2v) is 7.64. The number of piperidine rings is 1. The highest BCUT2D eigenvalue weighted by molar-refractivity contribution is 5.99. The summed E-state index contributed by atoms with van der Waals surface area (Å²) in [7, 11) is 1.54. The largest absolute Gasteiger partial charge is 0.502 e.